The van der Waals surface area contributed by atoms with Crippen LogP contribution in [-0.4, -0.2) is 28.8 Å². The number of imide groups is 1. The molecule has 30 heavy (non-hydrogen) atoms. The molecule has 4 rings (SSSR count). The Bertz CT molecular complexity index is 1120. The monoisotopic (exact) mass is 399 g/mol. The van der Waals surface area contributed by atoms with Gasteiger partial charge in [-0.1, -0.05) is 42.0 Å². The molecule has 3 aromatic rings. The number of hydrogen-bond donors (Lipinski definition) is 1. The lowest BCUT2D eigenvalue weighted by Crippen LogP contribution is -2.32. The predicted octanol–water partition coefficient (Wildman–Crippen LogP) is 3.79. The topological polar surface area (TPSA) is 71.5 Å². The normalized spacial score (nSPS) is 13.7. The number of para-hydroxylation sites is 2. The summed E-state index contributed by atoms with van der Waals surface area (Å²) in [6.07, 6.45) is 3.28. The maximum Gasteiger partial charge on any atom is 0.278 e. The first-order valence-electron chi connectivity index (χ1n) is 9.55. The van der Waals surface area contributed by atoms with E-state index in [-0.39, 0.29) is 24.1 Å². The fourth-order valence-electron chi connectivity index (χ4n) is 3.38. The molecule has 0 saturated heterocycles. The van der Waals surface area contributed by atoms with Crippen LogP contribution >= 0.6 is 0 Å². The van der Waals surface area contributed by atoms with Crippen molar-refractivity contribution in [3.05, 3.63) is 95.4 Å². The highest BCUT2D eigenvalue weighted by Crippen LogP contribution is 2.34. The Morgan fingerprint density at radius 3 is 2.33 bits per heavy atom. The molecule has 0 saturated carbocycles. The van der Waals surface area contributed by atoms with Gasteiger partial charge in [-0.15, -0.1) is 0 Å². The Labute approximate surface area is 174 Å². The summed E-state index contributed by atoms with van der Waals surface area (Å²) >= 11 is 0. The largest absolute Gasteiger partial charge is 0.495 e. The molecule has 0 fully saturated rings. The fraction of sp³-hybridized carbons (Fsp3) is 0.125. The molecule has 1 aliphatic rings. The van der Waals surface area contributed by atoms with E-state index in [1.54, 1.807) is 37.7 Å². The summed E-state index contributed by atoms with van der Waals surface area (Å²) in [7, 11) is 1.56. The highest BCUT2D eigenvalue weighted by atomic mass is 16.5. The van der Waals surface area contributed by atoms with Gasteiger partial charge in [0.05, 0.1) is 24.9 Å². The maximum atomic E-state index is 13.3. The molecular weight excluding hydrogens is 378 g/mol. The number of nitrogens with zero attached hydrogens (tertiary/aromatic N) is 2. The van der Waals surface area contributed by atoms with Crippen LogP contribution < -0.4 is 10.1 Å². The third-order valence-electron chi connectivity index (χ3n) is 4.96. The van der Waals surface area contributed by atoms with E-state index in [0.717, 1.165) is 11.1 Å². The molecule has 0 spiro atoms. The van der Waals surface area contributed by atoms with Crippen LogP contribution in [0, 0.1) is 6.92 Å². The average molecular weight is 399 g/mol. The summed E-state index contributed by atoms with van der Waals surface area (Å²) in [5, 5.41) is 3.15. The van der Waals surface area contributed by atoms with Crippen LogP contribution in [0.4, 0.5) is 5.69 Å². The Kier molecular flexibility index (Phi) is 5.30. The first-order chi connectivity index (χ1) is 14.6. The lowest BCUT2D eigenvalue weighted by molar-refractivity contribution is -0.137. The number of aryl methyl sites for hydroxylation is 1. The van der Waals surface area contributed by atoms with Crippen LogP contribution in [0.1, 0.15) is 16.7 Å². The number of ether oxygens (including phenoxy) is 1. The van der Waals surface area contributed by atoms with Crippen molar-refractivity contribution in [1.29, 1.82) is 0 Å². The lowest BCUT2D eigenvalue weighted by atomic mass is 10.0. The van der Waals surface area contributed by atoms with E-state index in [9.17, 15) is 9.59 Å². The molecular formula is C24H21N3O3. The van der Waals surface area contributed by atoms with E-state index in [0.29, 0.717) is 22.6 Å². The number of anilines is 1. The molecule has 1 aliphatic heterocycles. The molecule has 2 amide bonds. The second kappa shape index (κ2) is 8.21. The van der Waals surface area contributed by atoms with E-state index < -0.39 is 0 Å². The van der Waals surface area contributed by atoms with Gasteiger partial charge in [0.2, 0.25) is 0 Å². The maximum absolute atomic E-state index is 13.3. The van der Waals surface area contributed by atoms with Crippen LogP contribution in [0.25, 0.3) is 5.57 Å². The van der Waals surface area contributed by atoms with Crippen LogP contribution in [0.3, 0.4) is 0 Å². The minimum Gasteiger partial charge on any atom is -0.495 e. The van der Waals surface area contributed by atoms with Gasteiger partial charge in [-0.3, -0.25) is 19.5 Å². The summed E-state index contributed by atoms with van der Waals surface area (Å²) in [5.41, 5.74) is 3.79. The van der Waals surface area contributed by atoms with Crippen molar-refractivity contribution in [1.82, 2.24) is 9.88 Å². The Hall–Kier alpha value is -3.93. The van der Waals surface area contributed by atoms with E-state index >= 15 is 0 Å². The zero-order valence-corrected chi connectivity index (χ0v) is 16.8. The van der Waals surface area contributed by atoms with Gasteiger partial charge in [-0.2, -0.15) is 0 Å². The zero-order chi connectivity index (χ0) is 21.1. The molecule has 1 N–H and O–H groups in total. The molecule has 6 nitrogen and oxygen atoms in total. The van der Waals surface area contributed by atoms with Crippen molar-refractivity contribution < 1.29 is 14.3 Å². The highest BCUT2D eigenvalue weighted by molar-refractivity contribution is 6.36. The number of nitrogens with one attached hydrogen (secondary N) is 1. The minimum absolute atomic E-state index is 0.173. The second-order valence-electron chi connectivity index (χ2n) is 6.99. The van der Waals surface area contributed by atoms with Crippen LogP contribution in [0.15, 0.2) is 78.8 Å². The van der Waals surface area contributed by atoms with Crippen molar-refractivity contribution >= 4 is 23.1 Å². The predicted molar refractivity (Wildman–Crippen MR) is 115 cm³/mol. The first kappa shape index (κ1) is 19.4. The third-order valence-corrected chi connectivity index (χ3v) is 4.96. The molecule has 6 heteroatoms. The molecule has 0 unspecified atom stereocenters. The molecule has 150 valence electrons. The van der Waals surface area contributed by atoms with Crippen molar-refractivity contribution in [2.24, 2.45) is 0 Å². The fourth-order valence-corrected chi connectivity index (χ4v) is 3.38. The number of amides is 2. The standard InChI is InChI=1S/C24H21N3O3/c1-16-7-9-18(10-8-16)21-22(26-19-5-3-4-6-20(19)30-2)24(29)27(23(21)28)15-17-11-13-25-14-12-17/h3-14,26H,15H2,1-2H3. The van der Waals surface area contributed by atoms with Crippen LogP contribution in [0.2, 0.25) is 0 Å². The van der Waals surface area contributed by atoms with Crippen molar-refractivity contribution in [2.45, 2.75) is 13.5 Å². The summed E-state index contributed by atoms with van der Waals surface area (Å²) in [4.78, 5) is 31.9. The minimum atomic E-state index is -0.377. The smallest absolute Gasteiger partial charge is 0.278 e. The van der Waals surface area contributed by atoms with Crippen molar-refractivity contribution in [3.8, 4) is 5.75 Å². The zero-order valence-electron chi connectivity index (χ0n) is 16.8. The van der Waals surface area contributed by atoms with Gasteiger partial charge in [-0.05, 0) is 42.3 Å². The molecule has 0 aliphatic carbocycles. The molecule has 0 bridgehead atoms. The molecule has 2 aromatic carbocycles. The summed E-state index contributed by atoms with van der Waals surface area (Å²) in [5.74, 6) is -0.127. The Morgan fingerprint density at radius 2 is 1.63 bits per heavy atom. The number of carbonyl (C=O) groups is 2. The summed E-state index contributed by atoms with van der Waals surface area (Å²) < 4.78 is 5.40. The molecule has 0 radical (unpaired) electrons. The Morgan fingerprint density at radius 1 is 0.933 bits per heavy atom. The number of hydrogen-bond acceptors (Lipinski definition) is 5. The first-order valence-corrected chi connectivity index (χ1v) is 9.55. The highest BCUT2D eigenvalue weighted by Gasteiger charge is 2.39. The number of carbonyl (C=O) groups excluding carboxylic acids is 2. The average Bonchev–Trinajstić information content (AvgIpc) is 3.00. The number of methoxy groups -OCH3 is 1. The van der Waals surface area contributed by atoms with Crippen LogP contribution in [0.5, 0.6) is 5.75 Å². The van der Waals surface area contributed by atoms with Gasteiger partial charge in [0.25, 0.3) is 11.8 Å². The lowest BCUT2D eigenvalue weighted by Gasteiger charge is -2.15. The van der Waals surface area contributed by atoms with Gasteiger partial charge < -0.3 is 10.1 Å². The quantitative estimate of drug-likeness (QED) is 0.639. The van der Waals surface area contributed by atoms with E-state index in [1.807, 2.05) is 49.4 Å². The number of rotatable bonds is 6. The van der Waals surface area contributed by atoms with E-state index in [1.165, 1.54) is 4.90 Å². The van der Waals surface area contributed by atoms with E-state index in [4.69, 9.17) is 4.74 Å². The Balaban J connectivity index is 1.77. The van der Waals surface area contributed by atoms with Crippen LogP contribution in [-0.2, 0) is 16.1 Å². The summed E-state index contributed by atoms with van der Waals surface area (Å²) in [6.45, 7) is 2.15. The van der Waals surface area contributed by atoms with Crippen molar-refractivity contribution in [3.63, 3.8) is 0 Å². The van der Waals surface area contributed by atoms with Gasteiger partial charge in [0.15, 0.2) is 0 Å². The van der Waals surface area contributed by atoms with Gasteiger partial charge in [0.1, 0.15) is 11.4 Å². The second-order valence-corrected chi connectivity index (χ2v) is 6.99. The van der Waals surface area contributed by atoms with Gasteiger partial charge >= 0.3 is 0 Å². The third kappa shape index (κ3) is 3.67. The molecule has 1 aromatic heterocycles. The van der Waals surface area contributed by atoms with Gasteiger partial charge in [-0.25, -0.2) is 0 Å². The van der Waals surface area contributed by atoms with Crippen molar-refractivity contribution in [2.75, 3.05) is 12.4 Å². The number of benzene rings is 2. The number of aromatic nitrogens is 1. The number of pyridine rings is 1. The van der Waals surface area contributed by atoms with Gasteiger partial charge in [0, 0.05) is 12.4 Å². The summed E-state index contributed by atoms with van der Waals surface area (Å²) in [6, 6.07) is 18.4. The van der Waals surface area contributed by atoms with E-state index in [2.05, 4.69) is 10.3 Å². The molecule has 2 heterocycles. The SMILES string of the molecule is COc1ccccc1NC1=C(c2ccc(C)cc2)C(=O)N(Cc2ccncc2)C1=O. The molecule has 0 atom stereocenters.